The number of carbonyl (C=O) groups excluding carboxylic acids is 4. The first kappa shape index (κ1) is 36.1. The Morgan fingerprint density at radius 2 is 1.11 bits per heavy atom. The van der Waals surface area contributed by atoms with Crippen LogP contribution in [0.4, 0.5) is 0 Å². The van der Waals surface area contributed by atoms with Gasteiger partial charge in [-0.05, 0) is 92.3 Å². The third-order valence-corrected chi connectivity index (χ3v) is 6.69. The van der Waals surface area contributed by atoms with Crippen molar-refractivity contribution in [2.45, 2.75) is 39.0 Å². The molecule has 0 N–H and O–H groups in total. The highest BCUT2D eigenvalue weighted by Gasteiger charge is 2.13. The second-order valence-corrected chi connectivity index (χ2v) is 10.5. The third kappa shape index (κ3) is 12.9. The molecule has 0 spiro atoms. The van der Waals surface area contributed by atoms with E-state index in [-0.39, 0.29) is 31.8 Å². The second-order valence-electron chi connectivity index (χ2n) is 10.5. The van der Waals surface area contributed by atoms with Crippen molar-refractivity contribution in [2.24, 2.45) is 0 Å². The summed E-state index contributed by atoms with van der Waals surface area (Å²) in [5.41, 5.74) is 2.74. The molecule has 0 aliphatic carbocycles. The predicted octanol–water partition coefficient (Wildman–Crippen LogP) is 6.67. The third-order valence-electron chi connectivity index (χ3n) is 6.69. The largest absolute Gasteiger partial charge is 0.494 e. The Morgan fingerprint density at radius 1 is 0.596 bits per heavy atom. The van der Waals surface area contributed by atoms with Crippen molar-refractivity contribution in [1.82, 2.24) is 0 Å². The minimum Gasteiger partial charge on any atom is -0.494 e. The average Bonchev–Trinajstić information content (AvgIpc) is 3.08. The fourth-order valence-corrected chi connectivity index (χ4v) is 4.06. The molecule has 0 amide bonds. The first-order valence-corrected chi connectivity index (χ1v) is 15.2. The molecule has 0 aliphatic rings. The van der Waals surface area contributed by atoms with Crippen LogP contribution in [0.25, 0.3) is 11.1 Å². The number of ether oxygens (including phenoxy) is 6. The Kier molecular flexibility index (Phi) is 14.7. The molecule has 0 aromatic heterocycles. The number of hydrogen-bond acceptors (Lipinski definition) is 10. The molecule has 0 bridgehead atoms. The lowest BCUT2D eigenvalue weighted by atomic mass is 10.0. The Morgan fingerprint density at radius 3 is 1.70 bits per heavy atom. The van der Waals surface area contributed by atoms with Gasteiger partial charge in [0.25, 0.3) is 0 Å². The summed E-state index contributed by atoms with van der Waals surface area (Å²) in [4.78, 5) is 47.0. The van der Waals surface area contributed by atoms with Gasteiger partial charge < -0.3 is 28.4 Å². The number of esters is 4. The Balaban J connectivity index is 1.33. The molecule has 0 radical (unpaired) electrons. The summed E-state index contributed by atoms with van der Waals surface area (Å²) in [7, 11) is 1.25. The monoisotopic (exact) mass is 644 g/mol. The van der Waals surface area contributed by atoms with Crippen LogP contribution in [0.3, 0.4) is 0 Å². The standard InChI is InChI=1S/C37H40O10/c1-26(2)35(39)46-24-23-44-32-17-19-33(20-18-32)47-37(41)30-11-9-28(10-12-30)29-13-15-31(16-14-29)43-21-7-5-6-8-22-45-36(40)27(3)25-34(38)42-4/h9-20H,1,3,5-8,21-25H2,2,4H3. The first-order chi connectivity index (χ1) is 22.7. The van der Waals surface area contributed by atoms with Crippen LogP contribution in [-0.2, 0) is 28.6 Å². The molecule has 248 valence electrons. The van der Waals surface area contributed by atoms with E-state index in [1.54, 1.807) is 43.3 Å². The van der Waals surface area contributed by atoms with Crippen molar-refractivity contribution in [2.75, 3.05) is 33.5 Å². The van der Waals surface area contributed by atoms with Gasteiger partial charge in [0.05, 0.1) is 32.3 Å². The van der Waals surface area contributed by atoms with Crippen molar-refractivity contribution >= 4 is 23.9 Å². The van der Waals surface area contributed by atoms with Crippen molar-refractivity contribution < 1.29 is 47.6 Å². The van der Waals surface area contributed by atoms with Crippen molar-refractivity contribution in [1.29, 1.82) is 0 Å². The quantitative estimate of drug-likeness (QED) is 0.0459. The number of carbonyl (C=O) groups is 4. The molecule has 3 aromatic carbocycles. The van der Waals surface area contributed by atoms with Crippen molar-refractivity contribution in [3.05, 3.63) is 103 Å². The zero-order valence-corrected chi connectivity index (χ0v) is 26.8. The molecule has 47 heavy (non-hydrogen) atoms. The molecule has 3 rings (SSSR count). The zero-order chi connectivity index (χ0) is 34.0. The van der Waals surface area contributed by atoms with Crippen LogP contribution in [-0.4, -0.2) is 57.4 Å². The number of benzene rings is 3. The van der Waals surface area contributed by atoms with E-state index < -0.39 is 23.9 Å². The van der Waals surface area contributed by atoms with E-state index >= 15 is 0 Å². The Bertz CT molecular complexity index is 1510. The van der Waals surface area contributed by atoms with E-state index in [9.17, 15) is 19.2 Å². The van der Waals surface area contributed by atoms with Gasteiger partial charge in [-0.15, -0.1) is 0 Å². The van der Waals surface area contributed by atoms with Crippen LogP contribution in [0.1, 0.15) is 49.4 Å². The van der Waals surface area contributed by atoms with E-state index in [0.29, 0.717) is 35.7 Å². The molecule has 0 saturated carbocycles. The maximum atomic E-state index is 12.7. The Hall–Kier alpha value is -5.38. The maximum Gasteiger partial charge on any atom is 0.343 e. The molecule has 3 aromatic rings. The highest BCUT2D eigenvalue weighted by Crippen LogP contribution is 2.24. The summed E-state index contributed by atoms with van der Waals surface area (Å²) in [5.74, 6) is -0.374. The molecule has 0 fully saturated rings. The molecular weight excluding hydrogens is 604 g/mol. The second kappa shape index (κ2) is 19.2. The topological polar surface area (TPSA) is 124 Å². The fourth-order valence-electron chi connectivity index (χ4n) is 4.06. The maximum absolute atomic E-state index is 12.7. The molecule has 0 saturated heterocycles. The number of unbranched alkanes of at least 4 members (excludes halogenated alkanes) is 3. The minimum absolute atomic E-state index is 0.0824. The highest BCUT2D eigenvalue weighted by molar-refractivity contribution is 5.93. The van der Waals surface area contributed by atoms with Gasteiger partial charge in [-0.2, -0.15) is 0 Å². The van der Waals surface area contributed by atoms with Crippen LogP contribution in [0.5, 0.6) is 17.2 Å². The lowest BCUT2D eigenvalue weighted by molar-refractivity contribution is -0.144. The molecule has 10 heteroatoms. The first-order valence-electron chi connectivity index (χ1n) is 15.2. The Labute approximate surface area is 274 Å². The summed E-state index contributed by atoms with van der Waals surface area (Å²) in [5, 5.41) is 0. The van der Waals surface area contributed by atoms with E-state index in [1.807, 2.05) is 36.4 Å². The number of rotatable bonds is 19. The minimum atomic E-state index is -0.579. The van der Waals surface area contributed by atoms with Gasteiger partial charge in [-0.25, -0.2) is 14.4 Å². The van der Waals surface area contributed by atoms with E-state index in [0.717, 1.165) is 36.1 Å². The van der Waals surface area contributed by atoms with Crippen LogP contribution in [0, 0.1) is 0 Å². The number of hydrogen-bond donors (Lipinski definition) is 0. The lowest BCUT2D eigenvalue weighted by Gasteiger charge is -2.09. The van der Waals surface area contributed by atoms with Crippen LogP contribution >= 0.6 is 0 Å². The van der Waals surface area contributed by atoms with Gasteiger partial charge in [0.15, 0.2) is 0 Å². The van der Waals surface area contributed by atoms with Gasteiger partial charge in [0.2, 0.25) is 0 Å². The fraction of sp³-hybridized carbons (Fsp3) is 0.297. The van der Waals surface area contributed by atoms with E-state index in [2.05, 4.69) is 17.9 Å². The molecule has 0 unspecified atom stereocenters. The summed E-state index contributed by atoms with van der Waals surface area (Å²) in [6.07, 6.45) is 3.19. The highest BCUT2D eigenvalue weighted by atomic mass is 16.6. The van der Waals surface area contributed by atoms with Crippen molar-refractivity contribution in [3.8, 4) is 28.4 Å². The van der Waals surface area contributed by atoms with Gasteiger partial charge in [-0.1, -0.05) is 37.4 Å². The summed E-state index contributed by atoms with van der Waals surface area (Å²) >= 11 is 0. The SMILES string of the molecule is C=C(C)C(=O)OCCOc1ccc(OC(=O)c2ccc(-c3ccc(OCCCCCCOC(=O)C(=C)CC(=O)OC)cc3)cc2)cc1. The normalized spacial score (nSPS) is 10.3. The summed E-state index contributed by atoms with van der Waals surface area (Å²) in [6.45, 7) is 9.76. The van der Waals surface area contributed by atoms with Crippen LogP contribution in [0.2, 0.25) is 0 Å². The van der Waals surface area contributed by atoms with Gasteiger partial charge in [0, 0.05) is 11.1 Å². The number of methoxy groups -OCH3 is 1. The van der Waals surface area contributed by atoms with E-state index in [4.69, 9.17) is 23.7 Å². The van der Waals surface area contributed by atoms with Gasteiger partial charge >= 0.3 is 23.9 Å². The van der Waals surface area contributed by atoms with E-state index in [1.165, 1.54) is 7.11 Å². The summed E-state index contributed by atoms with van der Waals surface area (Å²) < 4.78 is 31.5. The average molecular weight is 645 g/mol. The van der Waals surface area contributed by atoms with Gasteiger partial charge in [-0.3, -0.25) is 4.79 Å². The predicted molar refractivity (Wildman–Crippen MR) is 175 cm³/mol. The van der Waals surface area contributed by atoms with Crippen LogP contribution < -0.4 is 14.2 Å². The van der Waals surface area contributed by atoms with Crippen LogP contribution in [0.15, 0.2) is 97.1 Å². The van der Waals surface area contributed by atoms with Gasteiger partial charge in [0.1, 0.15) is 30.5 Å². The zero-order valence-electron chi connectivity index (χ0n) is 26.8. The smallest absolute Gasteiger partial charge is 0.343 e. The molecule has 0 aliphatic heterocycles. The van der Waals surface area contributed by atoms with Crippen molar-refractivity contribution in [3.63, 3.8) is 0 Å². The lowest BCUT2D eigenvalue weighted by Crippen LogP contribution is -2.12. The summed E-state index contributed by atoms with van der Waals surface area (Å²) in [6, 6.07) is 21.4. The molecule has 0 heterocycles. The molecule has 0 atom stereocenters. The molecule has 10 nitrogen and oxygen atoms in total. The molecular formula is C37H40O10.